The van der Waals surface area contributed by atoms with Gasteiger partial charge in [0.2, 0.25) is 0 Å². The van der Waals surface area contributed by atoms with Crippen LogP contribution in [0.2, 0.25) is 0 Å². The van der Waals surface area contributed by atoms with Crippen LogP contribution in [-0.2, 0) is 14.1 Å². The number of nitrogens with zero attached hydrogens (tertiary/aromatic N) is 5. The molecule has 7 heteroatoms. The fourth-order valence-corrected chi connectivity index (χ4v) is 6.53. The highest BCUT2D eigenvalue weighted by molar-refractivity contribution is 6.19. The first-order chi connectivity index (χ1) is 23.0. The van der Waals surface area contributed by atoms with Gasteiger partial charge < -0.3 is 4.42 Å². The zero-order valence-electron chi connectivity index (χ0n) is 25.7. The summed E-state index contributed by atoms with van der Waals surface area (Å²) >= 11 is 0. The van der Waals surface area contributed by atoms with Gasteiger partial charge in [0.05, 0.1) is 11.0 Å². The van der Waals surface area contributed by atoms with Gasteiger partial charge in [0.25, 0.3) is 0 Å². The van der Waals surface area contributed by atoms with Gasteiger partial charge in [0, 0.05) is 41.6 Å². The summed E-state index contributed by atoms with van der Waals surface area (Å²) < 4.78 is 9.70. The molecule has 0 amide bonds. The van der Waals surface area contributed by atoms with E-state index < -0.39 is 0 Å². The molecule has 9 aromatic rings. The molecule has 0 aliphatic carbocycles. The minimum Gasteiger partial charge on any atom is -0.456 e. The third-order valence-electron chi connectivity index (χ3n) is 9.04. The molecule has 0 saturated heterocycles. The molecule has 0 unspecified atom stereocenters. The number of furan rings is 1. The van der Waals surface area contributed by atoms with E-state index in [2.05, 4.69) is 60.7 Å². The van der Waals surface area contributed by atoms with Crippen LogP contribution < -0.4 is 5.69 Å². The van der Waals surface area contributed by atoms with Gasteiger partial charge in [-0.05, 0) is 52.2 Å². The summed E-state index contributed by atoms with van der Waals surface area (Å²) in [6.45, 7) is 0. The molecule has 47 heavy (non-hydrogen) atoms. The average Bonchev–Trinajstić information content (AvgIpc) is 3.62. The highest BCUT2D eigenvalue weighted by Gasteiger charge is 2.16. The molecule has 7 nitrogen and oxygen atoms in total. The second kappa shape index (κ2) is 10.4. The maximum atomic E-state index is 12.5. The number of hydrogen-bond acceptors (Lipinski definition) is 5. The molecule has 0 bridgehead atoms. The topological polar surface area (TPSA) is 78.7 Å². The van der Waals surface area contributed by atoms with Crippen molar-refractivity contribution in [1.29, 1.82) is 0 Å². The summed E-state index contributed by atoms with van der Waals surface area (Å²) in [6.07, 6.45) is 0. The number of imidazole rings is 1. The van der Waals surface area contributed by atoms with Crippen LogP contribution in [0, 0.1) is 0 Å². The van der Waals surface area contributed by atoms with E-state index in [9.17, 15) is 4.79 Å². The van der Waals surface area contributed by atoms with Crippen LogP contribution in [0.15, 0.2) is 137 Å². The molecular formula is C40H27N5O2. The standard InChI is InChI=1S/C40H27N5O2/c1-44-32-20-17-28(22-33(32)45(2)40(44)46)24-12-14-27(15-13-24)38-41-37(26-9-4-3-5-10-26)42-39(43-38)29-16-19-31-35(23-29)47-34-21-18-25-8-6-7-11-30(25)36(31)34/h3-23H,1-2H3. The first-order valence-corrected chi connectivity index (χ1v) is 15.4. The maximum absolute atomic E-state index is 12.5. The maximum Gasteiger partial charge on any atom is 0.328 e. The summed E-state index contributed by atoms with van der Waals surface area (Å²) in [6, 6.07) is 42.9. The van der Waals surface area contributed by atoms with Gasteiger partial charge in [-0.15, -0.1) is 0 Å². The Balaban J connectivity index is 1.15. The van der Waals surface area contributed by atoms with Crippen molar-refractivity contribution in [2.75, 3.05) is 0 Å². The van der Waals surface area contributed by atoms with E-state index in [0.29, 0.717) is 17.5 Å². The fraction of sp³-hybridized carbons (Fsp3) is 0.0500. The van der Waals surface area contributed by atoms with Crippen LogP contribution in [0.1, 0.15) is 0 Å². The number of benzene rings is 6. The van der Waals surface area contributed by atoms with Crippen LogP contribution in [0.3, 0.4) is 0 Å². The van der Waals surface area contributed by atoms with E-state index in [4.69, 9.17) is 19.4 Å². The second-order valence-corrected chi connectivity index (χ2v) is 11.8. The molecular weight excluding hydrogens is 582 g/mol. The Morgan fingerprint density at radius 3 is 1.89 bits per heavy atom. The smallest absolute Gasteiger partial charge is 0.328 e. The third-order valence-corrected chi connectivity index (χ3v) is 9.04. The van der Waals surface area contributed by atoms with E-state index in [1.54, 1.807) is 23.2 Å². The lowest BCUT2D eigenvalue weighted by molar-refractivity contribution is 0.669. The first-order valence-electron chi connectivity index (χ1n) is 15.4. The quantitative estimate of drug-likeness (QED) is 0.199. The third kappa shape index (κ3) is 4.35. The Hall–Kier alpha value is -6.34. The van der Waals surface area contributed by atoms with Gasteiger partial charge in [0.15, 0.2) is 17.5 Å². The van der Waals surface area contributed by atoms with Crippen molar-refractivity contribution < 1.29 is 4.42 Å². The SMILES string of the molecule is Cn1c(=O)n(C)c2cc(-c3ccc(-c4nc(-c5ccccc5)nc(-c5ccc6c(c5)oc5ccc7ccccc7c56)n4)cc3)ccc21. The van der Waals surface area contributed by atoms with Crippen molar-refractivity contribution in [3.63, 3.8) is 0 Å². The predicted octanol–water partition coefficient (Wildman–Crippen LogP) is 8.78. The number of aromatic nitrogens is 5. The zero-order chi connectivity index (χ0) is 31.6. The number of fused-ring (bicyclic) bond motifs is 6. The van der Waals surface area contributed by atoms with Gasteiger partial charge in [-0.25, -0.2) is 19.7 Å². The molecule has 3 heterocycles. The number of aryl methyl sites for hydroxylation is 2. The van der Waals surface area contributed by atoms with Gasteiger partial charge in [0.1, 0.15) is 11.2 Å². The minimum atomic E-state index is -0.0414. The summed E-state index contributed by atoms with van der Waals surface area (Å²) in [5, 5.41) is 4.52. The van der Waals surface area contributed by atoms with E-state index in [1.165, 1.54) is 10.8 Å². The summed E-state index contributed by atoms with van der Waals surface area (Å²) in [4.78, 5) is 27.3. The van der Waals surface area contributed by atoms with Crippen molar-refractivity contribution in [3.8, 4) is 45.3 Å². The van der Waals surface area contributed by atoms with Gasteiger partial charge in [-0.2, -0.15) is 0 Å². The zero-order valence-corrected chi connectivity index (χ0v) is 25.7. The average molecular weight is 610 g/mol. The Kier molecular flexibility index (Phi) is 5.95. The van der Waals surface area contributed by atoms with Crippen LogP contribution in [0.4, 0.5) is 0 Å². The molecule has 224 valence electrons. The molecule has 0 aliphatic rings. The second-order valence-electron chi connectivity index (χ2n) is 11.8. The van der Waals surface area contributed by atoms with E-state index in [-0.39, 0.29) is 5.69 Å². The largest absolute Gasteiger partial charge is 0.456 e. The molecule has 0 aliphatic heterocycles. The monoisotopic (exact) mass is 609 g/mol. The summed E-state index contributed by atoms with van der Waals surface area (Å²) in [5.74, 6) is 1.75. The molecule has 0 atom stereocenters. The van der Waals surface area contributed by atoms with Crippen LogP contribution in [-0.4, -0.2) is 24.1 Å². The Morgan fingerprint density at radius 2 is 1.11 bits per heavy atom. The highest BCUT2D eigenvalue weighted by atomic mass is 16.3. The normalized spacial score (nSPS) is 11.7. The molecule has 0 saturated carbocycles. The van der Waals surface area contributed by atoms with Crippen LogP contribution >= 0.6 is 0 Å². The minimum absolute atomic E-state index is 0.0414. The van der Waals surface area contributed by atoms with Crippen molar-refractivity contribution >= 4 is 43.7 Å². The molecule has 3 aromatic heterocycles. The first kappa shape index (κ1) is 27.0. The number of hydrogen-bond donors (Lipinski definition) is 0. The molecule has 9 rings (SSSR count). The fourth-order valence-electron chi connectivity index (χ4n) is 6.53. The lowest BCUT2D eigenvalue weighted by atomic mass is 10.0. The predicted molar refractivity (Wildman–Crippen MR) is 188 cm³/mol. The van der Waals surface area contributed by atoms with E-state index in [1.807, 2.05) is 66.7 Å². The molecule has 6 aromatic carbocycles. The molecule has 0 spiro atoms. The Morgan fingerprint density at radius 1 is 0.489 bits per heavy atom. The Labute approximate surface area is 269 Å². The lowest BCUT2D eigenvalue weighted by Gasteiger charge is -2.09. The summed E-state index contributed by atoms with van der Waals surface area (Å²) in [7, 11) is 3.59. The highest BCUT2D eigenvalue weighted by Crippen LogP contribution is 2.36. The summed E-state index contributed by atoms with van der Waals surface area (Å²) in [5.41, 5.74) is 8.08. The van der Waals surface area contributed by atoms with Crippen molar-refractivity contribution in [1.82, 2.24) is 24.1 Å². The number of rotatable bonds is 4. The van der Waals surface area contributed by atoms with Gasteiger partial charge >= 0.3 is 5.69 Å². The van der Waals surface area contributed by atoms with Gasteiger partial charge in [-0.1, -0.05) is 97.1 Å². The van der Waals surface area contributed by atoms with E-state index in [0.717, 1.165) is 60.8 Å². The molecule has 0 N–H and O–H groups in total. The Bertz CT molecular complexity index is 2720. The molecule has 0 radical (unpaired) electrons. The van der Waals surface area contributed by atoms with E-state index >= 15 is 0 Å². The van der Waals surface area contributed by atoms with Crippen LogP contribution in [0.5, 0.6) is 0 Å². The van der Waals surface area contributed by atoms with Crippen LogP contribution in [0.25, 0.3) is 89.0 Å². The van der Waals surface area contributed by atoms with Crippen molar-refractivity contribution in [2.45, 2.75) is 0 Å². The van der Waals surface area contributed by atoms with Crippen molar-refractivity contribution in [3.05, 3.63) is 138 Å². The lowest BCUT2D eigenvalue weighted by Crippen LogP contribution is -2.19. The molecule has 0 fully saturated rings. The van der Waals surface area contributed by atoms with Gasteiger partial charge in [-0.3, -0.25) is 9.13 Å². The van der Waals surface area contributed by atoms with Crippen molar-refractivity contribution in [2.24, 2.45) is 14.1 Å².